The molecule has 0 N–H and O–H groups in total. The maximum absolute atomic E-state index is 2.41. The molecule has 0 nitrogen and oxygen atoms in total. The van der Waals surface area contributed by atoms with Crippen molar-refractivity contribution >= 4 is 5.57 Å². The van der Waals surface area contributed by atoms with Gasteiger partial charge in [0.15, 0.2) is 0 Å². The van der Waals surface area contributed by atoms with E-state index in [1.807, 2.05) is 0 Å². The summed E-state index contributed by atoms with van der Waals surface area (Å²) in [4.78, 5) is 0. The Morgan fingerprint density at radius 2 is 1.53 bits per heavy atom. The quantitative estimate of drug-likeness (QED) is 0.439. The van der Waals surface area contributed by atoms with Gasteiger partial charge in [-0.2, -0.15) is 0 Å². The summed E-state index contributed by atoms with van der Waals surface area (Å²) in [5.74, 6) is 1.18. The second kappa shape index (κ2) is 9.49. The second-order valence-electron chi connectivity index (χ2n) is 9.75. The molecule has 3 aliphatic rings. The minimum Gasteiger partial charge on any atom is -0.0726 e. The predicted molar refractivity (Wildman–Crippen MR) is 138 cm³/mol. The van der Waals surface area contributed by atoms with Crippen molar-refractivity contribution in [2.45, 2.75) is 71.1 Å². The van der Waals surface area contributed by atoms with Gasteiger partial charge in [0.25, 0.3) is 0 Å². The number of allylic oxidation sites excluding steroid dienone is 8. The van der Waals surface area contributed by atoms with Gasteiger partial charge in [-0.3, -0.25) is 0 Å². The van der Waals surface area contributed by atoms with E-state index in [1.165, 1.54) is 71.1 Å². The normalized spacial score (nSPS) is 20.6. The smallest absolute Gasteiger partial charge is 0.0281 e. The monoisotopic (exact) mass is 420 g/mol. The number of benzene rings is 2. The van der Waals surface area contributed by atoms with Crippen molar-refractivity contribution in [1.82, 2.24) is 0 Å². The van der Waals surface area contributed by atoms with Crippen molar-refractivity contribution in [1.29, 1.82) is 0 Å². The number of fused-ring (bicyclic) bond motifs is 1. The average Bonchev–Trinajstić information content (AvgIpc) is 3.35. The van der Waals surface area contributed by atoms with Crippen LogP contribution < -0.4 is 0 Å². The van der Waals surface area contributed by atoms with Crippen molar-refractivity contribution in [3.05, 3.63) is 112 Å². The Morgan fingerprint density at radius 1 is 0.750 bits per heavy atom. The highest BCUT2D eigenvalue weighted by Gasteiger charge is 2.27. The number of hydrogen-bond acceptors (Lipinski definition) is 0. The third-order valence-electron chi connectivity index (χ3n) is 7.81. The molecule has 2 aromatic carbocycles. The zero-order chi connectivity index (χ0) is 21.9. The molecule has 5 rings (SSSR count). The van der Waals surface area contributed by atoms with Gasteiger partial charge in [0.1, 0.15) is 0 Å². The average molecular weight is 421 g/mol. The van der Waals surface area contributed by atoms with Crippen LogP contribution in [0.4, 0.5) is 0 Å². The fourth-order valence-corrected chi connectivity index (χ4v) is 5.87. The molecule has 0 bridgehead atoms. The Balaban J connectivity index is 1.39. The highest BCUT2D eigenvalue weighted by molar-refractivity contribution is 5.80. The highest BCUT2D eigenvalue weighted by atomic mass is 14.3. The van der Waals surface area contributed by atoms with Gasteiger partial charge >= 0.3 is 0 Å². The van der Waals surface area contributed by atoms with Crippen LogP contribution in [0.15, 0.2) is 84.0 Å². The fourth-order valence-electron chi connectivity index (χ4n) is 5.87. The molecule has 0 heteroatoms. The second-order valence-corrected chi connectivity index (χ2v) is 9.75. The molecule has 0 heterocycles. The van der Waals surface area contributed by atoms with Gasteiger partial charge in [0, 0.05) is 5.92 Å². The molecule has 1 saturated carbocycles. The molecular weight excluding hydrogens is 384 g/mol. The van der Waals surface area contributed by atoms with E-state index in [9.17, 15) is 0 Å². The number of aryl methyl sites for hydroxylation is 2. The first-order valence-corrected chi connectivity index (χ1v) is 12.8. The van der Waals surface area contributed by atoms with E-state index in [0.717, 1.165) is 25.2 Å². The standard InChI is InChI=1S/C32H36/c1-3-23-15-19-30(25(4-2)21-23)32-20-18-28(29-11-8-12-31(29)32)22-24-13-16-27(17-14-24)26-9-6-5-7-10-26/h8,11-21,26,31H,3-7,9-10,22H2,1-2H3. The summed E-state index contributed by atoms with van der Waals surface area (Å²) < 4.78 is 0. The summed E-state index contributed by atoms with van der Waals surface area (Å²) in [5.41, 5.74) is 11.7. The van der Waals surface area contributed by atoms with Crippen molar-refractivity contribution in [2.75, 3.05) is 0 Å². The summed E-state index contributed by atoms with van der Waals surface area (Å²) in [6, 6.07) is 16.6. The molecule has 1 atom stereocenters. The number of rotatable bonds is 6. The summed E-state index contributed by atoms with van der Waals surface area (Å²) >= 11 is 0. The topological polar surface area (TPSA) is 0 Å². The van der Waals surface area contributed by atoms with Gasteiger partial charge in [-0.05, 0) is 82.6 Å². The molecule has 2 aromatic rings. The van der Waals surface area contributed by atoms with Crippen molar-refractivity contribution in [3.8, 4) is 0 Å². The van der Waals surface area contributed by atoms with Gasteiger partial charge in [0.05, 0.1) is 0 Å². The fraction of sp³-hybridized carbons (Fsp3) is 0.375. The van der Waals surface area contributed by atoms with E-state index in [1.54, 1.807) is 5.56 Å². The largest absolute Gasteiger partial charge is 0.0726 e. The first-order valence-electron chi connectivity index (χ1n) is 12.8. The zero-order valence-electron chi connectivity index (χ0n) is 19.7. The van der Waals surface area contributed by atoms with E-state index >= 15 is 0 Å². The molecule has 1 fully saturated rings. The summed E-state index contributed by atoms with van der Waals surface area (Å²) in [7, 11) is 0. The Hall–Kier alpha value is -2.60. The van der Waals surface area contributed by atoms with Crippen LogP contribution in [0.5, 0.6) is 0 Å². The molecule has 1 unspecified atom stereocenters. The van der Waals surface area contributed by atoms with Crippen LogP contribution in [-0.4, -0.2) is 0 Å². The molecule has 164 valence electrons. The van der Waals surface area contributed by atoms with E-state index < -0.39 is 0 Å². The van der Waals surface area contributed by atoms with E-state index in [0.29, 0.717) is 5.92 Å². The number of hydrogen-bond donors (Lipinski definition) is 0. The van der Waals surface area contributed by atoms with Gasteiger partial charge in [0.2, 0.25) is 0 Å². The van der Waals surface area contributed by atoms with E-state index in [2.05, 4.69) is 86.7 Å². The molecule has 0 aliphatic heterocycles. The predicted octanol–water partition coefficient (Wildman–Crippen LogP) is 8.54. The van der Waals surface area contributed by atoms with E-state index in [-0.39, 0.29) is 0 Å². The first-order chi connectivity index (χ1) is 15.8. The van der Waals surface area contributed by atoms with Crippen LogP contribution in [0.3, 0.4) is 0 Å². The Bertz CT molecular complexity index is 1080. The zero-order valence-corrected chi connectivity index (χ0v) is 19.7. The molecular formula is C32H36. The lowest BCUT2D eigenvalue weighted by Crippen LogP contribution is -2.11. The molecule has 3 aliphatic carbocycles. The summed E-state index contributed by atoms with van der Waals surface area (Å²) in [5, 5.41) is 0. The Morgan fingerprint density at radius 3 is 2.28 bits per heavy atom. The van der Waals surface area contributed by atoms with E-state index in [4.69, 9.17) is 0 Å². The lowest BCUT2D eigenvalue weighted by atomic mass is 9.78. The first kappa shape index (κ1) is 21.3. The van der Waals surface area contributed by atoms with Crippen molar-refractivity contribution in [3.63, 3.8) is 0 Å². The third kappa shape index (κ3) is 4.20. The lowest BCUT2D eigenvalue weighted by Gasteiger charge is -2.26. The SMILES string of the molecule is CCc1ccc(C2=CC=C(Cc3ccc(C4CCCCC4)cc3)C3=CC=CC32)c(CC)c1. The van der Waals surface area contributed by atoms with Gasteiger partial charge in [-0.25, -0.2) is 0 Å². The minimum absolute atomic E-state index is 0.397. The third-order valence-corrected chi connectivity index (χ3v) is 7.81. The van der Waals surface area contributed by atoms with Gasteiger partial charge in [-0.15, -0.1) is 0 Å². The van der Waals surface area contributed by atoms with Crippen LogP contribution in [0.1, 0.15) is 79.7 Å². The molecule has 0 aromatic heterocycles. The van der Waals surface area contributed by atoms with Gasteiger partial charge in [-0.1, -0.05) is 106 Å². The summed E-state index contributed by atoms with van der Waals surface area (Å²) in [6.07, 6.45) is 21.9. The molecule has 32 heavy (non-hydrogen) atoms. The van der Waals surface area contributed by atoms with Crippen molar-refractivity contribution in [2.24, 2.45) is 5.92 Å². The van der Waals surface area contributed by atoms with Crippen molar-refractivity contribution < 1.29 is 0 Å². The maximum atomic E-state index is 2.41. The van der Waals surface area contributed by atoms with Crippen LogP contribution in [0, 0.1) is 5.92 Å². The highest BCUT2D eigenvalue weighted by Crippen LogP contribution is 2.42. The van der Waals surface area contributed by atoms with Crippen LogP contribution in [-0.2, 0) is 19.3 Å². The molecule has 0 spiro atoms. The Labute approximate surface area is 194 Å². The maximum Gasteiger partial charge on any atom is 0.0281 e. The molecule has 0 saturated heterocycles. The molecule has 0 radical (unpaired) electrons. The summed E-state index contributed by atoms with van der Waals surface area (Å²) in [6.45, 7) is 4.52. The van der Waals surface area contributed by atoms with Crippen LogP contribution >= 0.6 is 0 Å². The lowest BCUT2D eigenvalue weighted by molar-refractivity contribution is 0.443. The minimum atomic E-state index is 0.397. The van der Waals surface area contributed by atoms with Crippen LogP contribution in [0.25, 0.3) is 5.57 Å². The Kier molecular flexibility index (Phi) is 6.30. The van der Waals surface area contributed by atoms with Crippen LogP contribution in [0.2, 0.25) is 0 Å². The van der Waals surface area contributed by atoms with Gasteiger partial charge < -0.3 is 0 Å². The molecule has 0 amide bonds.